The molecule has 4 amide bonds. The van der Waals surface area contributed by atoms with Crippen LogP contribution in [0.2, 0.25) is 0 Å². The fourth-order valence-corrected chi connectivity index (χ4v) is 3.97. The third-order valence-electron chi connectivity index (χ3n) is 5.72. The summed E-state index contributed by atoms with van der Waals surface area (Å²) in [6.45, 7) is 0.545. The fraction of sp³-hybridized carbons (Fsp3) is 0.304. The average Bonchev–Trinajstić information content (AvgIpc) is 3.13. The van der Waals surface area contributed by atoms with Crippen molar-refractivity contribution < 1.29 is 29.1 Å². The van der Waals surface area contributed by atoms with Crippen LogP contribution in [0.4, 0.5) is 0 Å². The van der Waals surface area contributed by atoms with Gasteiger partial charge in [-0.15, -0.1) is 0 Å². The minimum absolute atomic E-state index is 0.195. The molecular weight excluding hydrogens is 414 g/mol. The zero-order valence-electron chi connectivity index (χ0n) is 17.3. The first-order valence-electron chi connectivity index (χ1n) is 10.4. The number of carbonyl (C=O) groups is 4. The predicted molar refractivity (Wildman–Crippen MR) is 112 cm³/mol. The van der Waals surface area contributed by atoms with Crippen molar-refractivity contribution in [3.8, 4) is 5.75 Å². The maximum Gasteiger partial charge on any atom is 0.255 e. The van der Waals surface area contributed by atoms with Gasteiger partial charge in [-0.3, -0.25) is 29.7 Å². The van der Waals surface area contributed by atoms with Crippen LogP contribution < -0.4 is 15.5 Å². The first kappa shape index (κ1) is 21.5. The highest BCUT2D eigenvalue weighted by atomic mass is 16.5. The number of amides is 4. The predicted octanol–water partition coefficient (Wildman–Crippen LogP) is 1.46. The zero-order chi connectivity index (χ0) is 22.7. The van der Waals surface area contributed by atoms with Crippen LogP contribution in [0, 0.1) is 0 Å². The molecule has 0 spiro atoms. The molecule has 9 nitrogen and oxygen atoms in total. The number of rotatable bonds is 7. The molecule has 2 aliphatic heterocycles. The van der Waals surface area contributed by atoms with Gasteiger partial charge in [-0.2, -0.15) is 0 Å². The maximum atomic E-state index is 12.9. The largest absolute Gasteiger partial charge is 0.489 e. The highest BCUT2D eigenvalue weighted by Crippen LogP contribution is 2.33. The van der Waals surface area contributed by atoms with E-state index in [2.05, 4.69) is 5.32 Å². The second kappa shape index (κ2) is 9.19. The lowest BCUT2D eigenvalue weighted by Crippen LogP contribution is -2.52. The highest BCUT2D eigenvalue weighted by molar-refractivity contribution is 6.05. The van der Waals surface area contributed by atoms with Gasteiger partial charge in [0.2, 0.25) is 17.7 Å². The maximum absolute atomic E-state index is 12.9. The van der Waals surface area contributed by atoms with Gasteiger partial charge in [-0.25, -0.2) is 5.48 Å². The highest BCUT2D eigenvalue weighted by Gasteiger charge is 2.40. The number of hydrogen-bond donors (Lipinski definition) is 3. The van der Waals surface area contributed by atoms with Crippen LogP contribution >= 0.6 is 0 Å². The molecule has 2 aromatic carbocycles. The number of imide groups is 1. The summed E-state index contributed by atoms with van der Waals surface area (Å²) in [5.74, 6) is -0.856. The number of hydrogen-bond acceptors (Lipinski definition) is 6. The third kappa shape index (κ3) is 4.47. The molecule has 2 aromatic rings. The number of benzene rings is 2. The Labute approximate surface area is 184 Å². The fourth-order valence-electron chi connectivity index (χ4n) is 3.97. The third-order valence-corrected chi connectivity index (χ3v) is 5.72. The standard InChI is InChI=1S/C23H23N3O6/c27-20-11-9-18(22(29)24-20)26-12-17-16(23(26)30)2-1-3-19(17)32-13-15-6-4-14(5-7-15)8-10-21(28)25-31/h1-7,18,31H,8-13H2,(H,25,28)(H,24,27,29). The van der Waals surface area contributed by atoms with Gasteiger partial charge >= 0.3 is 0 Å². The number of nitrogens with zero attached hydrogens (tertiary/aromatic N) is 1. The molecule has 1 saturated heterocycles. The Hall–Kier alpha value is -3.72. The molecule has 32 heavy (non-hydrogen) atoms. The van der Waals surface area contributed by atoms with Gasteiger partial charge in [0.15, 0.2) is 0 Å². The monoisotopic (exact) mass is 437 g/mol. The molecule has 0 aliphatic carbocycles. The van der Waals surface area contributed by atoms with Crippen LogP contribution in [0.15, 0.2) is 42.5 Å². The molecule has 166 valence electrons. The van der Waals surface area contributed by atoms with E-state index in [1.54, 1.807) is 23.7 Å². The van der Waals surface area contributed by atoms with Gasteiger partial charge in [0, 0.05) is 24.0 Å². The van der Waals surface area contributed by atoms with Crippen molar-refractivity contribution >= 4 is 23.6 Å². The second-order valence-electron chi connectivity index (χ2n) is 7.82. The summed E-state index contributed by atoms with van der Waals surface area (Å²) in [6, 6.07) is 12.2. The van der Waals surface area contributed by atoms with E-state index in [1.807, 2.05) is 24.3 Å². The van der Waals surface area contributed by atoms with E-state index in [9.17, 15) is 19.2 Å². The number of aryl methyl sites for hydroxylation is 1. The molecule has 0 radical (unpaired) electrons. The molecule has 0 aromatic heterocycles. The zero-order valence-corrected chi connectivity index (χ0v) is 17.3. The van der Waals surface area contributed by atoms with E-state index < -0.39 is 17.9 Å². The summed E-state index contributed by atoms with van der Waals surface area (Å²) in [5, 5.41) is 10.9. The molecule has 0 saturated carbocycles. The summed E-state index contributed by atoms with van der Waals surface area (Å²) in [7, 11) is 0. The Morgan fingerprint density at radius 1 is 1.12 bits per heavy atom. The molecule has 1 atom stereocenters. The van der Waals surface area contributed by atoms with Crippen LogP contribution in [0.5, 0.6) is 5.75 Å². The summed E-state index contributed by atoms with van der Waals surface area (Å²) in [5.41, 5.74) is 4.73. The lowest BCUT2D eigenvalue weighted by Gasteiger charge is -2.29. The van der Waals surface area contributed by atoms with Gasteiger partial charge in [0.25, 0.3) is 5.91 Å². The Morgan fingerprint density at radius 2 is 1.88 bits per heavy atom. The van der Waals surface area contributed by atoms with Crippen molar-refractivity contribution in [2.24, 2.45) is 0 Å². The van der Waals surface area contributed by atoms with Crippen molar-refractivity contribution in [1.29, 1.82) is 0 Å². The van der Waals surface area contributed by atoms with Gasteiger partial charge < -0.3 is 9.64 Å². The van der Waals surface area contributed by atoms with Crippen molar-refractivity contribution in [1.82, 2.24) is 15.7 Å². The van der Waals surface area contributed by atoms with Crippen molar-refractivity contribution in [2.45, 2.75) is 44.9 Å². The van der Waals surface area contributed by atoms with Crippen LogP contribution in [-0.4, -0.2) is 39.8 Å². The summed E-state index contributed by atoms with van der Waals surface area (Å²) in [4.78, 5) is 49.2. The normalized spacial score (nSPS) is 17.7. The van der Waals surface area contributed by atoms with Crippen molar-refractivity contribution in [3.63, 3.8) is 0 Å². The summed E-state index contributed by atoms with van der Waals surface area (Å²) in [6.07, 6.45) is 1.23. The molecule has 4 rings (SSSR count). The first-order chi connectivity index (χ1) is 15.5. The Bertz CT molecular complexity index is 1070. The van der Waals surface area contributed by atoms with E-state index in [0.29, 0.717) is 30.8 Å². The number of hydroxylamine groups is 1. The molecule has 1 unspecified atom stereocenters. The quantitative estimate of drug-likeness (QED) is 0.342. The van der Waals surface area contributed by atoms with E-state index in [-0.39, 0.29) is 31.2 Å². The van der Waals surface area contributed by atoms with Crippen LogP contribution in [0.3, 0.4) is 0 Å². The molecule has 1 fully saturated rings. The SMILES string of the molecule is O=C(CCc1ccc(COc2cccc3c2CN(C2CCC(=O)NC2=O)C3=O)cc1)NO. The van der Waals surface area contributed by atoms with Crippen molar-refractivity contribution in [3.05, 3.63) is 64.7 Å². The minimum Gasteiger partial charge on any atom is -0.489 e. The minimum atomic E-state index is -0.666. The molecule has 3 N–H and O–H groups in total. The Kier molecular flexibility index (Phi) is 6.18. The first-order valence-corrected chi connectivity index (χ1v) is 10.4. The number of ether oxygens (including phenoxy) is 1. The van der Waals surface area contributed by atoms with E-state index in [0.717, 1.165) is 16.7 Å². The Morgan fingerprint density at radius 3 is 2.59 bits per heavy atom. The topological polar surface area (TPSA) is 125 Å². The molecule has 2 aliphatic rings. The van der Waals surface area contributed by atoms with Gasteiger partial charge in [-0.05, 0) is 36.1 Å². The lowest BCUT2D eigenvalue weighted by molar-refractivity contribution is -0.137. The van der Waals surface area contributed by atoms with E-state index in [1.165, 1.54) is 4.90 Å². The molecule has 2 heterocycles. The van der Waals surface area contributed by atoms with Crippen LogP contribution in [0.1, 0.15) is 46.3 Å². The van der Waals surface area contributed by atoms with E-state index in [4.69, 9.17) is 9.94 Å². The van der Waals surface area contributed by atoms with Crippen molar-refractivity contribution in [2.75, 3.05) is 0 Å². The van der Waals surface area contributed by atoms with Gasteiger partial charge in [0.1, 0.15) is 18.4 Å². The molecule has 0 bridgehead atoms. The molecular formula is C23H23N3O6. The van der Waals surface area contributed by atoms with Gasteiger partial charge in [-0.1, -0.05) is 30.3 Å². The summed E-state index contributed by atoms with van der Waals surface area (Å²) >= 11 is 0. The van der Waals surface area contributed by atoms with E-state index >= 15 is 0 Å². The number of carbonyl (C=O) groups excluding carboxylic acids is 4. The van der Waals surface area contributed by atoms with Crippen LogP contribution in [0.25, 0.3) is 0 Å². The average molecular weight is 437 g/mol. The van der Waals surface area contributed by atoms with Crippen LogP contribution in [-0.2, 0) is 34.0 Å². The Balaban J connectivity index is 1.41. The number of fused-ring (bicyclic) bond motifs is 1. The van der Waals surface area contributed by atoms with Gasteiger partial charge in [0.05, 0.1) is 6.54 Å². The molecule has 9 heteroatoms. The number of nitrogens with one attached hydrogen (secondary N) is 2. The summed E-state index contributed by atoms with van der Waals surface area (Å²) < 4.78 is 5.99. The lowest BCUT2D eigenvalue weighted by atomic mass is 10.0. The number of piperidine rings is 1. The smallest absolute Gasteiger partial charge is 0.255 e. The second-order valence-corrected chi connectivity index (χ2v) is 7.82.